The summed E-state index contributed by atoms with van der Waals surface area (Å²) < 4.78 is 18.0. The van der Waals surface area contributed by atoms with Gasteiger partial charge in [0.15, 0.2) is 0 Å². The molecule has 0 aromatic carbocycles. The van der Waals surface area contributed by atoms with Crippen LogP contribution in [0.5, 0.6) is 0 Å². The average molecular weight is 318 g/mol. The van der Waals surface area contributed by atoms with Crippen LogP contribution in [0, 0.1) is 0 Å². The topological polar surface area (TPSA) is 129 Å². The third-order valence-corrected chi connectivity index (χ3v) is 1.96. The zero-order valence-corrected chi connectivity index (χ0v) is 12.2. The number of nitrogens with one attached hydrogen (secondary N) is 2. The summed E-state index contributed by atoms with van der Waals surface area (Å²) in [5.41, 5.74) is 0. The van der Waals surface area contributed by atoms with Gasteiger partial charge in [0.25, 0.3) is 0 Å². The Kier molecular flexibility index (Phi) is 10.5. The first kappa shape index (κ1) is 19.2. The molecule has 0 aliphatic rings. The first-order valence-electron chi connectivity index (χ1n) is 6.14. The largest absolute Gasteiger partial charge is 0.461 e. The Morgan fingerprint density at radius 2 is 1.14 bits per heavy atom. The summed E-state index contributed by atoms with van der Waals surface area (Å²) in [6.07, 6.45) is 0.481. The highest BCUT2D eigenvalue weighted by molar-refractivity contribution is 5.91. The summed E-state index contributed by atoms with van der Waals surface area (Å²) in [4.78, 5) is 43.7. The van der Waals surface area contributed by atoms with Crippen molar-refractivity contribution in [3.63, 3.8) is 0 Å². The minimum absolute atomic E-state index is 0.0730. The van der Waals surface area contributed by atoms with Crippen molar-refractivity contribution in [1.29, 1.82) is 0 Å². The smallest absolute Gasteiger partial charge is 0.406 e. The molecule has 0 aliphatic heterocycles. The quantitative estimate of drug-likeness (QED) is 0.261. The van der Waals surface area contributed by atoms with E-state index >= 15 is 0 Å². The highest BCUT2D eigenvalue weighted by Gasteiger charge is 2.03. The van der Waals surface area contributed by atoms with Gasteiger partial charge in [0, 0.05) is 12.2 Å². The lowest BCUT2D eigenvalue weighted by atomic mass is 10.5. The number of methoxy groups -OCH3 is 2. The number of alkyl carbamates (subject to hydrolysis) is 2. The second-order valence-corrected chi connectivity index (χ2v) is 3.51. The molecule has 0 saturated heterocycles. The Morgan fingerprint density at radius 3 is 1.45 bits per heavy atom. The van der Waals surface area contributed by atoms with Gasteiger partial charge in [0.05, 0.1) is 27.3 Å². The maximum Gasteiger partial charge on any atom is 0.406 e. The summed E-state index contributed by atoms with van der Waals surface area (Å²) in [7, 11) is 2.41. The Labute approximate surface area is 126 Å². The number of amides is 2. The molecule has 10 heteroatoms. The van der Waals surface area contributed by atoms with E-state index in [1.54, 1.807) is 0 Å². The van der Waals surface area contributed by atoms with Crippen LogP contribution in [0.25, 0.3) is 0 Å². The van der Waals surface area contributed by atoms with E-state index in [2.05, 4.69) is 29.6 Å². The van der Waals surface area contributed by atoms with Gasteiger partial charge in [-0.25, -0.2) is 19.2 Å². The predicted octanol–water partition coefficient (Wildman–Crippen LogP) is -0.659. The molecule has 10 nitrogen and oxygen atoms in total. The maximum absolute atomic E-state index is 11.2. The van der Waals surface area contributed by atoms with E-state index in [9.17, 15) is 19.2 Å². The number of hydrogen-bond donors (Lipinski definition) is 2. The van der Waals surface area contributed by atoms with Crippen LogP contribution in [0.4, 0.5) is 9.59 Å². The zero-order valence-electron chi connectivity index (χ0n) is 12.2. The van der Waals surface area contributed by atoms with Gasteiger partial charge < -0.3 is 29.6 Å². The van der Waals surface area contributed by atoms with Crippen molar-refractivity contribution < 1.29 is 38.1 Å². The van der Waals surface area contributed by atoms with E-state index in [0.29, 0.717) is 0 Å². The first-order valence-corrected chi connectivity index (χ1v) is 6.14. The van der Waals surface area contributed by atoms with Gasteiger partial charge in [-0.1, -0.05) is 0 Å². The Bertz CT molecular complexity index is 383. The van der Waals surface area contributed by atoms with Crippen LogP contribution in [0.3, 0.4) is 0 Å². The lowest BCUT2D eigenvalue weighted by Gasteiger charge is -2.04. The minimum atomic E-state index is -0.767. The zero-order chi connectivity index (χ0) is 16.8. The molecule has 0 saturated carbocycles. The first-order chi connectivity index (χ1) is 10.5. The van der Waals surface area contributed by atoms with Crippen LogP contribution in [-0.4, -0.2) is 64.6 Å². The monoisotopic (exact) mass is 318 g/mol. The van der Waals surface area contributed by atoms with Gasteiger partial charge >= 0.3 is 24.1 Å². The van der Waals surface area contributed by atoms with Crippen molar-refractivity contribution in [1.82, 2.24) is 10.6 Å². The molecule has 0 atom stereocenters. The van der Waals surface area contributed by atoms with Gasteiger partial charge in [-0.3, -0.25) is 0 Å². The fourth-order valence-corrected chi connectivity index (χ4v) is 0.986. The molecule has 2 amide bonds. The molecule has 0 bridgehead atoms. The molecule has 0 aromatic rings. The van der Waals surface area contributed by atoms with Gasteiger partial charge in [-0.2, -0.15) is 0 Å². The van der Waals surface area contributed by atoms with Gasteiger partial charge in [0.1, 0.15) is 13.2 Å². The summed E-state index contributed by atoms with van der Waals surface area (Å²) in [6, 6.07) is 0. The van der Waals surface area contributed by atoms with Gasteiger partial charge in [0.2, 0.25) is 0 Å². The van der Waals surface area contributed by atoms with Gasteiger partial charge in [-0.15, -0.1) is 0 Å². The Balaban J connectivity index is 3.71. The van der Waals surface area contributed by atoms with Crippen molar-refractivity contribution in [2.45, 2.75) is 0 Å². The molecule has 0 aliphatic carbocycles. The van der Waals surface area contributed by atoms with Crippen molar-refractivity contribution in [2.75, 3.05) is 40.5 Å². The SMILES string of the molecule is COC(=O)NCCOC(=O)/C=C/C(=O)OCCNC(=O)OC. The molecule has 0 radical (unpaired) electrons. The molecule has 22 heavy (non-hydrogen) atoms. The molecule has 124 valence electrons. The number of carbonyl (C=O) groups excluding carboxylic acids is 4. The maximum atomic E-state index is 11.2. The van der Waals surface area contributed by atoms with E-state index in [1.807, 2.05) is 0 Å². The summed E-state index contributed by atoms with van der Waals surface area (Å²) in [5.74, 6) is -1.53. The summed E-state index contributed by atoms with van der Waals surface area (Å²) in [5, 5.41) is 4.60. The number of rotatable bonds is 8. The minimum Gasteiger partial charge on any atom is -0.461 e. The van der Waals surface area contributed by atoms with Crippen LogP contribution in [0.15, 0.2) is 12.2 Å². The van der Waals surface area contributed by atoms with E-state index in [1.165, 1.54) is 14.2 Å². The van der Waals surface area contributed by atoms with Crippen molar-refractivity contribution in [2.24, 2.45) is 0 Å². The molecule has 0 aromatic heterocycles. The summed E-state index contributed by atoms with van der Waals surface area (Å²) in [6.45, 7) is 0.0124. The number of esters is 2. The third kappa shape index (κ3) is 11.1. The Hall–Kier alpha value is -2.78. The van der Waals surface area contributed by atoms with E-state index in [-0.39, 0.29) is 26.3 Å². The van der Waals surface area contributed by atoms with Crippen molar-refractivity contribution >= 4 is 24.1 Å². The average Bonchev–Trinajstić information content (AvgIpc) is 2.52. The molecule has 0 unspecified atom stereocenters. The highest BCUT2D eigenvalue weighted by Crippen LogP contribution is 1.86. The lowest BCUT2D eigenvalue weighted by molar-refractivity contribution is -0.140. The predicted molar refractivity (Wildman–Crippen MR) is 71.9 cm³/mol. The second-order valence-electron chi connectivity index (χ2n) is 3.51. The fraction of sp³-hybridized carbons (Fsp3) is 0.500. The van der Waals surface area contributed by atoms with Crippen LogP contribution in [0.1, 0.15) is 0 Å². The van der Waals surface area contributed by atoms with Crippen molar-refractivity contribution in [3.05, 3.63) is 12.2 Å². The van der Waals surface area contributed by atoms with Gasteiger partial charge in [-0.05, 0) is 0 Å². The van der Waals surface area contributed by atoms with Crippen LogP contribution >= 0.6 is 0 Å². The van der Waals surface area contributed by atoms with E-state index < -0.39 is 24.1 Å². The molecule has 2 N–H and O–H groups in total. The highest BCUT2D eigenvalue weighted by atomic mass is 16.6. The number of hydrogen-bond acceptors (Lipinski definition) is 8. The van der Waals surface area contributed by atoms with Crippen LogP contribution < -0.4 is 10.6 Å². The lowest BCUT2D eigenvalue weighted by Crippen LogP contribution is -2.27. The molecule has 0 heterocycles. The normalized spacial score (nSPS) is 9.73. The second kappa shape index (κ2) is 12.0. The third-order valence-electron chi connectivity index (χ3n) is 1.96. The Morgan fingerprint density at radius 1 is 0.773 bits per heavy atom. The van der Waals surface area contributed by atoms with Crippen LogP contribution in [-0.2, 0) is 28.5 Å². The standard InChI is InChI=1S/C12H18N2O8/c1-19-11(17)13-5-7-21-9(15)3-4-10(16)22-8-6-14-12(18)20-2/h3-4H,5-8H2,1-2H3,(H,13,17)(H,14,18)/b4-3+. The summed E-state index contributed by atoms with van der Waals surface area (Å²) >= 11 is 0. The van der Waals surface area contributed by atoms with Crippen LogP contribution in [0.2, 0.25) is 0 Å². The molecule has 0 rings (SSSR count). The molecule has 0 fully saturated rings. The fourth-order valence-electron chi connectivity index (χ4n) is 0.986. The van der Waals surface area contributed by atoms with E-state index in [0.717, 1.165) is 12.2 Å². The molecule has 0 spiro atoms. The number of ether oxygens (including phenoxy) is 4. The van der Waals surface area contributed by atoms with E-state index in [4.69, 9.17) is 0 Å². The van der Waals surface area contributed by atoms with Crippen molar-refractivity contribution in [3.8, 4) is 0 Å². The molecular weight excluding hydrogens is 300 g/mol. The molecular formula is C12H18N2O8. The number of carbonyl (C=O) groups is 4.